The fourth-order valence-corrected chi connectivity index (χ4v) is 4.50. The topological polar surface area (TPSA) is 85.4 Å². The Morgan fingerprint density at radius 1 is 1.13 bits per heavy atom. The van der Waals surface area contributed by atoms with Crippen molar-refractivity contribution in [3.05, 3.63) is 48.8 Å². The lowest BCUT2D eigenvalue weighted by atomic mass is 9.98. The van der Waals surface area contributed by atoms with Crippen LogP contribution >= 0.6 is 0 Å². The van der Waals surface area contributed by atoms with Crippen LogP contribution in [0, 0.1) is 11.8 Å². The van der Waals surface area contributed by atoms with E-state index >= 15 is 0 Å². The predicted octanol–water partition coefficient (Wildman–Crippen LogP) is 1.22. The molecule has 122 valence electrons. The van der Waals surface area contributed by atoms with Crippen molar-refractivity contribution >= 4 is 15.9 Å². The summed E-state index contributed by atoms with van der Waals surface area (Å²) < 4.78 is 28.7. The summed E-state index contributed by atoms with van der Waals surface area (Å²) in [5.74, 6) is -0.941. The van der Waals surface area contributed by atoms with Crippen LogP contribution in [0.1, 0.15) is 6.92 Å². The van der Waals surface area contributed by atoms with E-state index in [4.69, 9.17) is 5.73 Å². The van der Waals surface area contributed by atoms with Crippen molar-refractivity contribution in [3.63, 3.8) is 0 Å². The van der Waals surface area contributed by atoms with Gasteiger partial charge in [0.15, 0.2) is 0 Å². The van der Waals surface area contributed by atoms with Crippen molar-refractivity contribution in [1.82, 2.24) is 8.87 Å². The predicted molar refractivity (Wildman–Crippen MR) is 86.4 cm³/mol. The quantitative estimate of drug-likeness (QED) is 0.913. The Kier molecular flexibility index (Phi) is 3.99. The number of primary amides is 1. The molecule has 2 heterocycles. The molecular formula is C16H19N3O3S. The van der Waals surface area contributed by atoms with Gasteiger partial charge in [0.2, 0.25) is 15.9 Å². The van der Waals surface area contributed by atoms with Gasteiger partial charge in [0.25, 0.3) is 0 Å². The molecule has 7 heteroatoms. The molecule has 23 heavy (non-hydrogen) atoms. The Balaban J connectivity index is 1.84. The van der Waals surface area contributed by atoms with Crippen LogP contribution in [0.4, 0.5) is 0 Å². The maximum Gasteiger partial charge on any atom is 0.243 e. The minimum atomic E-state index is -3.61. The number of benzene rings is 1. The molecule has 2 aromatic rings. The van der Waals surface area contributed by atoms with Crippen LogP contribution in [-0.2, 0) is 14.8 Å². The second kappa shape index (κ2) is 5.82. The van der Waals surface area contributed by atoms with Crippen LogP contribution in [-0.4, -0.2) is 36.3 Å². The normalized spacial score (nSPS) is 22.3. The summed E-state index contributed by atoms with van der Waals surface area (Å²) in [6.45, 7) is 2.31. The summed E-state index contributed by atoms with van der Waals surface area (Å²) >= 11 is 0. The maximum atomic E-state index is 12.7. The van der Waals surface area contributed by atoms with Crippen molar-refractivity contribution in [2.75, 3.05) is 13.1 Å². The zero-order valence-electron chi connectivity index (χ0n) is 12.8. The van der Waals surface area contributed by atoms with Gasteiger partial charge in [-0.05, 0) is 42.3 Å². The molecule has 1 aliphatic rings. The van der Waals surface area contributed by atoms with Gasteiger partial charge < -0.3 is 10.3 Å². The van der Waals surface area contributed by atoms with Gasteiger partial charge in [0, 0.05) is 31.2 Å². The molecule has 0 bridgehead atoms. The highest BCUT2D eigenvalue weighted by Gasteiger charge is 2.39. The van der Waals surface area contributed by atoms with Gasteiger partial charge in [-0.1, -0.05) is 6.92 Å². The summed E-state index contributed by atoms with van der Waals surface area (Å²) in [5, 5.41) is 0. The molecular weight excluding hydrogens is 314 g/mol. The number of rotatable bonds is 4. The van der Waals surface area contributed by atoms with Crippen LogP contribution in [0.15, 0.2) is 53.7 Å². The monoisotopic (exact) mass is 333 g/mol. The van der Waals surface area contributed by atoms with E-state index in [-0.39, 0.29) is 17.4 Å². The van der Waals surface area contributed by atoms with Gasteiger partial charge in [0.1, 0.15) is 0 Å². The highest BCUT2D eigenvalue weighted by molar-refractivity contribution is 7.89. The zero-order chi connectivity index (χ0) is 16.6. The molecule has 1 fully saturated rings. The summed E-state index contributed by atoms with van der Waals surface area (Å²) in [5.41, 5.74) is 6.23. The van der Waals surface area contributed by atoms with Crippen molar-refractivity contribution in [2.45, 2.75) is 11.8 Å². The lowest BCUT2D eigenvalue weighted by Crippen LogP contribution is -2.32. The number of hydrogen-bond acceptors (Lipinski definition) is 3. The average molecular weight is 333 g/mol. The third-order valence-electron chi connectivity index (χ3n) is 4.32. The highest BCUT2D eigenvalue weighted by Crippen LogP contribution is 2.28. The summed E-state index contributed by atoms with van der Waals surface area (Å²) in [7, 11) is -3.61. The van der Waals surface area contributed by atoms with Gasteiger partial charge >= 0.3 is 0 Å². The smallest absolute Gasteiger partial charge is 0.243 e. The standard InChI is InChI=1S/C16H19N3O3S/c1-12-10-19(11-15(12)16(17)20)23(21,22)14-6-4-13(5-7-14)18-8-2-3-9-18/h2-9,12,15H,10-11H2,1H3,(H2,17,20)/t12-,15-/m1/s1. The SMILES string of the molecule is C[C@@H]1CN(S(=O)(=O)c2ccc(-n3cccc3)cc2)C[C@H]1C(N)=O. The van der Waals surface area contributed by atoms with Gasteiger partial charge in [-0.2, -0.15) is 4.31 Å². The summed E-state index contributed by atoms with van der Waals surface area (Å²) in [6.07, 6.45) is 3.78. The number of hydrogen-bond donors (Lipinski definition) is 1. The Morgan fingerprint density at radius 3 is 2.26 bits per heavy atom. The van der Waals surface area contributed by atoms with E-state index < -0.39 is 21.8 Å². The number of amides is 1. The summed E-state index contributed by atoms with van der Waals surface area (Å²) in [4.78, 5) is 11.6. The van der Waals surface area contributed by atoms with Crippen molar-refractivity contribution in [2.24, 2.45) is 17.6 Å². The van der Waals surface area contributed by atoms with Crippen molar-refractivity contribution in [1.29, 1.82) is 0 Å². The first-order valence-electron chi connectivity index (χ1n) is 7.42. The molecule has 0 unspecified atom stereocenters. The number of nitrogens with zero attached hydrogens (tertiary/aromatic N) is 2. The van der Waals surface area contributed by atoms with E-state index in [9.17, 15) is 13.2 Å². The molecule has 1 amide bonds. The first kappa shape index (κ1) is 15.8. The fraction of sp³-hybridized carbons (Fsp3) is 0.312. The Hall–Kier alpha value is -2.12. The van der Waals surface area contributed by atoms with E-state index in [1.165, 1.54) is 4.31 Å². The van der Waals surface area contributed by atoms with Crippen LogP contribution in [0.5, 0.6) is 0 Å². The van der Waals surface area contributed by atoms with Gasteiger partial charge in [-0.15, -0.1) is 0 Å². The molecule has 1 aromatic heterocycles. The fourth-order valence-electron chi connectivity index (χ4n) is 2.93. The number of carbonyl (C=O) groups excluding carboxylic acids is 1. The second-order valence-corrected chi connectivity index (χ2v) is 7.83. The third-order valence-corrected chi connectivity index (χ3v) is 6.17. The number of aromatic nitrogens is 1. The minimum absolute atomic E-state index is 0.0681. The lowest BCUT2D eigenvalue weighted by Gasteiger charge is -2.16. The summed E-state index contributed by atoms with van der Waals surface area (Å²) in [6, 6.07) is 10.5. The largest absolute Gasteiger partial charge is 0.369 e. The second-order valence-electron chi connectivity index (χ2n) is 5.89. The molecule has 3 rings (SSSR count). The molecule has 1 aliphatic heterocycles. The third kappa shape index (κ3) is 2.89. The number of sulfonamides is 1. The molecule has 0 radical (unpaired) electrons. The molecule has 2 atom stereocenters. The Labute approximate surface area is 135 Å². The van der Waals surface area contributed by atoms with Gasteiger partial charge in [0.05, 0.1) is 10.8 Å². The van der Waals surface area contributed by atoms with Crippen molar-refractivity contribution in [3.8, 4) is 5.69 Å². The van der Waals surface area contributed by atoms with E-state index in [2.05, 4.69) is 0 Å². The van der Waals surface area contributed by atoms with Crippen LogP contribution < -0.4 is 5.73 Å². The molecule has 1 aromatic carbocycles. The molecule has 0 aliphatic carbocycles. The van der Waals surface area contributed by atoms with Crippen molar-refractivity contribution < 1.29 is 13.2 Å². The van der Waals surface area contributed by atoms with Gasteiger partial charge in [-0.25, -0.2) is 8.42 Å². The van der Waals surface area contributed by atoms with E-state index in [0.717, 1.165) is 5.69 Å². The van der Waals surface area contributed by atoms with E-state index in [1.807, 2.05) is 36.0 Å². The minimum Gasteiger partial charge on any atom is -0.369 e. The van der Waals surface area contributed by atoms with Crippen LogP contribution in [0.2, 0.25) is 0 Å². The Morgan fingerprint density at radius 2 is 1.74 bits per heavy atom. The maximum absolute atomic E-state index is 12.7. The van der Waals surface area contributed by atoms with Crippen LogP contribution in [0.25, 0.3) is 5.69 Å². The Bertz CT molecular complexity index is 798. The first-order valence-corrected chi connectivity index (χ1v) is 8.86. The number of nitrogens with two attached hydrogens (primary N) is 1. The average Bonchev–Trinajstić information content (AvgIpc) is 3.16. The molecule has 0 saturated carbocycles. The van der Waals surface area contributed by atoms with Gasteiger partial charge in [-0.3, -0.25) is 4.79 Å². The van der Waals surface area contributed by atoms with E-state index in [0.29, 0.717) is 6.54 Å². The molecule has 6 nitrogen and oxygen atoms in total. The molecule has 2 N–H and O–H groups in total. The number of carbonyl (C=O) groups is 1. The van der Waals surface area contributed by atoms with Crippen LogP contribution in [0.3, 0.4) is 0 Å². The first-order chi connectivity index (χ1) is 10.9. The van der Waals surface area contributed by atoms with E-state index in [1.54, 1.807) is 24.3 Å². The molecule has 0 spiro atoms. The molecule has 1 saturated heterocycles. The lowest BCUT2D eigenvalue weighted by molar-refractivity contribution is -0.122. The highest BCUT2D eigenvalue weighted by atomic mass is 32.2. The zero-order valence-corrected chi connectivity index (χ0v) is 13.6.